The maximum atomic E-state index is 5.91. The first-order valence-corrected chi connectivity index (χ1v) is 8.72. The van der Waals surface area contributed by atoms with E-state index in [1.807, 2.05) is 42.5 Å². The predicted molar refractivity (Wildman–Crippen MR) is 109 cm³/mol. The summed E-state index contributed by atoms with van der Waals surface area (Å²) in [5.74, 6) is 2.20. The van der Waals surface area contributed by atoms with Gasteiger partial charge in [0, 0.05) is 6.21 Å². The van der Waals surface area contributed by atoms with E-state index in [-0.39, 0.29) is 0 Å². The molecule has 4 nitrogen and oxygen atoms in total. The van der Waals surface area contributed by atoms with E-state index in [0.29, 0.717) is 18.1 Å². The van der Waals surface area contributed by atoms with Crippen molar-refractivity contribution >= 4 is 11.9 Å². The van der Waals surface area contributed by atoms with Crippen LogP contribution in [-0.2, 0) is 6.61 Å². The first-order chi connectivity index (χ1) is 13.2. The average molecular weight is 361 g/mol. The molecule has 0 fully saturated rings. The second-order valence-electron chi connectivity index (χ2n) is 6.14. The molecule has 4 heteroatoms. The highest BCUT2D eigenvalue weighted by molar-refractivity contribution is 5.83. The smallest absolute Gasteiger partial charge is 0.161 e. The van der Waals surface area contributed by atoms with Crippen molar-refractivity contribution in [2.45, 2.75) is 13.5 Å². The molecule has 0 bridgehead atoms. The zero-order valence-electron chi connectivity index (χ0n) is 15.8. The maximum absolute atomic E-state index is 5.91. The molecule has 0 saturated heterocycles. The Hall–Kier alpha value is -3.27. The highest BCUT2D eigenvalue weighted by Crippen LogP contribution is 2.28. The van der Waals surface area contributed by atoms with E-state index in [1.54, 1.807) is 20.4 Å². The number of aliphatic imine (C=N–C) groups is 1. The van der Waals surface area contributed by atoms with Gasteiger partial charge in [-0.1, -0.05) is 29.8 Å². The third-order valence-electron chi connectivity index (χ3n) is 4.14. The summed E-state index contributed by atoms with van der Waals surface area (Å²) in [6.45, 7) is 2.57. The van der Waals surface area contributed by atoms with E-state index in [2.05, 4.69) is 36.2 Å². The second-order valence-corrected chi connectivity index (χ2v) is 6.14. The molecule has 0 spiro atoms. The molecule has 0 radical (unpaired) electrons. The minimum Gasteiger partial charge on any atom is -0.497 e. The van der Waals surface area contributed by atoms with E-state index in [9.17, 15) is 0 Å². The van der Waals surface area contributed by atoms with Crippen LogP contribution in [0.15, 0.2) is 71.7 Å². The topological polar surface area (TPSA) is 40.0 Å². The molecule has 3 aromatic carbocycles. The molecule has 0 saturated carbocycles. The van der Waals surface area contributed by atoms with Gasteiger partial charge >= 0.3 is 0 Å². The fourth-order valence-electron chi connectivity index (χ4n) is 2.55. The summed E-state index contributed by atoms with van der Waals surface area (Å²) in [6.07, 6.45) is 1.80. The maximum Gasteiger partial charge on any atom is 0.161 e. The second kappa shape index (κ2) is 8.90. The van der Waals surface area contributed by atoms with E-state index in [1.165, 1.54) is 5.56 Å². The molecular formula is C23H23NO3. The molecule has 138 valence electrons. The van der Waals surface area contributed by atoms with Crippen LogP contribution in [0.2, 0.25) is 0 Å². The summed E-state index contributed by atoms with van der Waals surface area (Å²) in [5.41, 5.74) is 4.14. The number of benzene rings is 3. The molecule has 0 aromatic heterocycles. The van der Waals surface area contributed by atoms with Crippen molar-refractivity contribution in [1.82, 2.24) is 0 Å². The Kier molecular flexibility index (Phi) is 6.10. The van der Waals surface area contributed by atoms with Gasteiger partial charge in [-0.05, 0) is 60.5 Å². The number of hydrogen-bond acceptors (Lipinski definition) is 4. The van der Waals surface area contributed by atoms with E-state index in [4.69, 9.17) is 14.2 Å². The van der Waals surface area contributed by atoms with Crippen molar-refractivity contribution in [3.63, 3.8) is 0 Å². The Labute approximate surface area is 160 Å². The number of rotatable bonds is 7. The molecule has 0 amide bonds. The van der Waals surface area contributed by atoms with Gasteiger partial charge in [-0.15, -0.1) is 0 Å². The number of nitrogens with zero attached hydrogens (tertiary/aromatic N) is 1. The molecule has 0 aliphatic heterocycles. The Morgan fingerprint density at radius 3 is 2.22 bits per heavy atom. The third kappa shape index (κ3) is 5.11. The Bertz CT molecular complexity index is 900. The highest BCUT2D eigenvalue weighted by atomic mass is 16.5. The fourth-order valence-corrected chi connectivity index (χ4v) is 2.55. The molecule has 0 aliphatic carbocycles. The van der Waals surface area contributed by atoms with Crippen LogP contribution in [0, 0.1) is 6.92 Å². The first kappa shape index (κ1) is 18.5. The van der Waals surface area contributed by atoms with Gasteiger partial charge in [0.15, 0.2) is 11.5 Å². The summed E-state index contributed by atoms with van der Waals surface area (Å²) in [6, 6.07) is 21.7. The van der Waals surface area contributed by atoms with Crippen molar-refractivity contribution in [2.75, 3.05) is 14.2 Å². The van der Waals surface area contributed by atoms with Gasteiger partial charge in [-0.25, -0.2) is 0 Å². The zero-order chi connectivity index (χ0) is 19.1. The summed E-state index contributed by atoms with van der Waals surface area (Å²) in [7, 11) is 3.28. The Morgan fingerprint density at radius 2 is 1.56 bits per heavy atom. The summed E-state index contributed by atoms with van der Waals surface area (Å²) >= 11 is 0. The monoisotopic (exact) mass is 361 g/mol. The van der Waals surface area contributed by atoms with E-state index >= 15 is 0 Å². The van der Waals surface area contributed by atoms with Crippen LogP contribution >= 0.6 is 0 Å². The van der Waals surface area contributed by atoms with Gasteiger partial charge in [-0.2, -0.15) is 0 Å². The van der Waals surface area contributed by atoms with Crippen molar-refractivity contribution in [1.29, 1.82) is 0 Å². The van der Waals surface area contributed by atoms with E-state index in [0.717, 1.165) is 22.6 Å². The SMILES string of the molecule is COc1ccc(N=Cc2ccc(OCc3ccc(C)cc3)c(OC)c2)cc1. The summed E-state index contributed by atoms with van der Waals surface area (Å²) in [5, 5.41) is 0. The number of ether oxygens (including phenoxy) is 3. The Balaban J connectivity index is 1.69. The lowest BCUT2D eigenvalue weighted by Crippen LogP contribution is -1.98. The van der Waals surface area contributed by atoms with Crippen molar-refractivity contribution in [2.24, 2.45) is 4.99 Å². The van der Waals surface area contributed by atoms with Crippen molar-refractivity contribution < 1.29 is 14.2 Å². The molecule has 0 unspecified atom stereocenters. The average Bonchev–Trinajstić information content (AvgIpc) is 2.72. The van der Waals surface area contributed by atoms with Crippen LogP contribution < -0.4 is 14.2 Å². The molecular weight excluding hydrogens is 338 g/mol. The quantitative estimate of drug-likeness (QED) is 0.533. The highest BCUT2D eigenvalue weighted by Gasteiger charge is 2.06. The standard InChI is InChI=1S/C23H23NO3/c1-17-4-6-18(7-5-17)16-27-22-13-8-19(14-23(22)26-3)15-24-20-9-11-21(25-2)12-10-20/h4-15H,16H2,1-3H3. The van der Waals surface area contributed by atoms with Crippen LogP contribution in [0.1, 0.15) is 16.7 Å². The first-order valence-electron chi connectivity index (χ1n) is 8.72. The van der Waals surface area contributed by atoms with Crippen molar-refractivity contribution in [3.8, 4) is 17.2 Å². The third-order valence-corrected chi connectivity index (χ3v) is 4.14. The van der Waals surface area contributed by atoms with Gasteiger partial charge in [0.2, 0.25) is 0 Å². The van der Waals surface area contributed by atoms with Crippen LogP contribution in [-0.4, -0.2) is 20.4 Å². The summed E-state index contributed by atoms with van der Waals surface area (Å²) < 4.78 is 16.5. The van der Waals surface area contributed by atoms with Crippen LogP contribution in [0.5, 0.6) is 17.2 Å². The Morgan fingerprint density at radius 1 is 0.815 bits per heavy atom. The number of aryl methyl sites for hydroxylation is 1. The van der Waals surface area contributed by atoms with Gasteiger partial charge in [0.25, 0.3) is 0 Å². The minimum atomic E-state index is 0.496. The molecule has 0 atom stereocenters. The molecule has 3 rings (SSSR count). The largest absolute Gasteiger partial charge is 0.497 e. The molecule has 0 N–H and O–H groups in total. The predicted octanol–water partition coefficient (Wildman–Crippen LogP) is 5.34. The normalized spacial score (nSPS) is 10.8. The lowest BCUT2D eigenvalue weighted by atomic mass is 10.1. The van der Waals surface area contributed by atoms with Crippen LogP contribution in [0.3, 0.4) is 0 Å². The fraction of sp³-hybridized carbons (Fsp3) is 0.174. The number of hydrogen-bond donors (Lipinski definition) is 0. The van der Waals surface area contributed by atoms with Gasteiger partial charge in [0.1, 0.15) is 12.4 Å². The molecule has 0 aliphatic rings. The van der Waals surface area contributed by atoms with Crippen LogP contribution in [0.25, 0.3) is 0 Å². The molecule has 3 aromatic rings. The van der Waals surface area contributed by atoms with Gasteiger partial charge < -0.3 is 14.2 Å². The molecule has 0 heterocycles. The molecule has 27 heavy (non-hydrogen) atoms. The van der Waals surface area contributed by atoms with Crippen molar-refractivity contribution in [3.05, 3.63) is 83.4 Å². The zero-order valence-corrected chi connectivity index (χ0v) is 15.8. The number of methoxy groups -OCH3 is 2. The van der Waals surface area contributed by atoms with Gasteiger partial charge in [-0.3, -0.25) is 4.99 Å². The lowest BCUT2D eigenvalue weighted by Gasteiger charge is -2.11. The van der Waals surface area contributed by atoms with Gasteiger partial charge in [0.05, 0.1) is 19.9 Å². The van der Waals surface area contributed by atoms with Crippen LogP contribution in [0.4, 0.5) is 5.69 Å². The van der Waals surface area contributed by atoms with E-state index < -0.39 is 0 Å². The lowest BCUT2D eigenvalue weighted by molar-refractivity contribution is 0.284. The summed E-state index contributed by atoms with van der Waals surface area (Å²) in [4.78, 5) is 4.48. The minimum absolute atomic E-state index is 0.496.